The molecule has 140 valence electrons. The number of halogens is 1. The first kappa shape index (κ1) is 20.5. The maximum atomic E-state index is 4.33. The maximum absolute atomic E-state index is 4.33. The van der Waals surface area contributed by atoms with Crippen molar-refractivity contribution in [3.63, 3.8) is 0 Å². The first-order chi connectivity index (χ1) is 12.3. The quantitative estimate of drug-likeness (QED) is 0.402. The van der Waals surface area contributed by atoms with Gasteiger partial charge in [0.1, 0.15) is 0 Å². The van der Waals surface area contributed by atoms with Gasteiger partial charge in [-0.05, 0) is 49.6 Å². The summed E-state index contributed by atoms with van der Waals surface area (Å²) in [5.41, 5.74) is 3.58. The second kappa shape index (κ2) is 10.4. The third-order valence-corrected chi connectivity index (χ3v) is 4.58. The molecule has 2 heterocycles. The summed E-state index contributed by atoms with van der Waals surface area (Å²) in [5, 5.41) is 6.79. The summed E-state index contributed by atoms with van der Waals surface area (Å²) < 4.78 is 0. The lowest BCUT2D eigenvalue weighted by Crippen LogP contribution is -2.38. The van der Waals surface area contributed by atoms with E-state index in [0.717, 1.165) is 11.7 Å². The van der Waals surface area contributed by atoms with Crippen LogP contribution in [0.15, 0.2) is 53.7 Å². The van der Waals surface area contributed by atoms with E-state index in [-0.39, 0.29) is 30.0 Å². The summed E-state index contributed by atoms with van der Waals surface area (Å²) in [5.74, 6) is 0.782. The summed E-state index contributed by atoms with van der Waals surface area (Å²) in [6.45, 7) is 5.15. The Labute approximate surface area is 173 Å². The van der Waals surface area contributed by atoms with Gasteiger partial charge in [0, 0.05) is 32.0 Å². The SMILES string of the molecule is CN=C(NCc1ccccn1)NC(C)c1cccc(N2CCCC2)c1.I. The second-order valence-corrected chi connectivity index (χ2v) is 6.40. The Morgan fingerprint density at radius 3 is 2.69 bits per heavy atom. The van der Waals surface area contributed by atoms with E-state index in [1.165, 1.54) is 37.2 Å². The van der Waals surface area contributed by atoms with Crippen LogP contribution in [0.2, 0.25) is 0 Å². The lowest BCUT2D eigenvalue weighted by atomic mass is 10.1. The van der Waals surface area contributed by atoms with Crippen molar-refractivity contribution in [3.8, 4) is 0 Å². The van der Waals surface area contributed by atoms with E-state index in [4.69, 9.17) is 0 Å². The van der Waals surface area contributed by atoms with Crippen molar-refractivity contribution in [1.82, 2.24) is 15.6 Å². The van der Waals surface area contributed by atoms with Crippen molar-refractivity contribution >= 4 is 35.6 Å². The predicted molar refractivity (Wildman–Crippen MR) is 119 cm³/mol. The van der Waals surface area contributed by atoms with Gasteiger partial charge in [0.2, 0.25) is 0 Å². The van der Waals surface area contributed by atoms with Crippen LogP contribution in [0.4, 0.5) is 5.69 Å². The van der Waals surface area contributed by atoms with Crippen LogP contribution in [0.3, 0.4) is 0 Å². The van der Waals surface area contributed by atoms with E-state index in [2.05, 4.69) is 56.7 Å². The number of aliphatic imine (C=N–C) groups is 1. The Morgan fingerprint density at radius 1 is 1.19 bits per heavy atom. The van der Waals surface area contributed by atoms with Gasteiger partial charge in [-0.25, -0.2) is 0 Å². The topological polar surface area (TPSA) is 52.6 Å². The van der Waals surface area contributed by atoms with Gasteiger partial charge in [0.15, 0.2) is 5.96 Å². The van der Waals surface area contributed by atoms with Crippen LogP contribution in [-0.2, 0) is 6.54 Å². The fourth-order valence-electron chi connectivity index (χ4n) is 3.13. The molecule has 1 unspecified atom stereocenters. The van der Waals surface area contributed by atoms with E-state index in [1.807, 2.05) is 18.2 Å². The normalized spacial score (nSPS) is 15.3. The highest BCUT2D eigenvalue weighted by molar-refractivity contribution is 14.0. The lowest BCUT2D eigenvalue weighted by molar-refractivity contribution is 0.682. The number of hydrogen-bond donors (Lipinski definition) is 2. The number of nitrogens with zero attached hydrogens (tertiary/aromatic N) is 3. The first-order valence-electron chi connectivity index (χ1n) is 8.98. The molecule has 6 heteroatoms. The van der Waals surface area contributed by atoms with Crippen LogP contribution >= 0.6 is 24.0 Å². The molecular weight excluding hydrogens is 437 g/mol. The van der Waals surface area contributed by atoms with Crippen LogP contribution in [0.1, 0.15) is 37.1 Å². The van der Waals surface area contributed by atoms with Crippen molar-refractivity contribution in [2.45, 2.75) is 32.4 Å². The first-order valence-corrected chi connectivity index (χ1v) is 8.98. The molecule has 0 spiro atoms. The molecular formula is C20H28IN5. The number of anilines is 1. The van der Waals surface area contributed by atoms with Crippen molar-refractivity contribution in [3.05, 3.63) is 59.9 Å². The molecule has 1 aliphatic rings. The Morgan fingerprint density at radius 2 is 2.00 bits per heavy atom. The zero-order chi connectivity index (χ0) is 17.5. The number of nitrogens with one attached hydrogen (secondary N) is 2. The van der Waals surface area contributed by atoms with Gasteiger partial charge in [0.25, 0.3) is 0 Å². The Hall–Kier alpha value is -1.83. The number of guanidine groups is 1. The van der Waals surface area contributed by atoms with Crippen molar-refractivity contribution in [2.24, 2.45) is 4.99 Å². The summed E-state index contributed by atoms with van der Waals surface area (Å²) in [6.07, 6.45) is 4.39. The van der Waals surface area contributed by atoms with Crippen molar-refractivity contribution < 1.29 is 0 Å². The Bertz CT molecular complexity index is 698. The number of aromatic nitrogens is 1. The fraction of sp³-hybridized carbons (Fsp3) is 0.400. The number of benzene rings is 1. The minimum Gasteiger partial charge on any atom is -0.372 e. The number of rotatable bonds is 5. The third-order valence-electron chi connectivity index (χ3n) is 4.58. The standard InChI is InChI=1S/C20H27N5.HI/c1-16(17-8-7-10-19(14-17)25-12-5-6-13-25)24-20(21-2)23-15-18-9-3-4-11-22-18;/h3-4,7-11,14,16H,5-6,12-13,15H2,1-2H3,(H2,21,23,24);1H. The van der Waals surface area contributed by atoms with E-state index in [9.17, 15) is 0 Å². The molecule has 0 bridgehead atoms. The van der Waals surface area contributed by atoms with Crippen molar-refractivity contribution in [1.29, 1.82) is 0 Å². The molecule has 0 amide bonds. The van der Waals surface area contributed by atoms with Crippen LogP contribution < -0.4 is 15.5 Å². The molecule has 0 saturated carbocycles. The highest BCUT2D eigenvalue weighted by atomic mass is 127. The summed E-state index contributed by atoms with van der Waals surface area (Å²) >= 11 is 0. The molecule has 1 atom stereocenters. The van der Waals surface area contributed by atoms with Gasteiger partial charge in [0.05, 0.1) is 18.3 Å². The highest BCUT2D eigenvalue weighted by Crippen LogP contribution is 2.23. The Kier molecular flexibility index (Phi) is 8.15. The van der Waals surface area contributed by atoms with Gasteiger partial charge in [-0.2, -0.15) is 0 Å². The summed E-state index contributed by atoms with van der Waals surface area (Å²) in [6, 6.07) is 14.9. The molecule has 3 rings (SSSR count). The molecule has 26 heavy (non-hydrogen) atoms. The number of pyridine rings is 1. The molecule has 1 aliphatic heterocycles. The molecule has 1 saturated heterocycles. The summed E-state index contributed by atoms with van der Waals surface area (Å²) in [7, 11) is 1.79. The molecule has 1 aromatic heterocycles. The smallest absolute Gasteiger partial charge is 0.191 e. The Balaban J connectivity index is 0.00000243. The summed E-state index contributed by atoms with van der Waals surface area (Å²) in [4.78, 5) is 11.1. The minimum absolute atomic E-state index is 0. The van der Waals surface area contributed by atoms with E-state index in [0.29, 0.717) is 6.54 Å². The average molecular weight is 465 g/mol. The molecule has 2 aromatic rings. The largest absolute Gasteiger partial charge is 0.372 e. The predicted octanol–water partition coefficient (Wildman–Crippen LogP) is 3.73. The van der Waals surface area contributed by atoms with Crippen LogP contribution in [0.5, 0.6) is 0 Å². The zero-order valence-corrected chi connectivity index (χ0v) is 17.8. The zero-order valence-electron chi connectivity index (χ0n) is 15.5. The van der Waals surface area contributed by atoms with Gasteiger partial charge in [-0.1, -0.05) is 18.2 Å². The van der Waals surface area contributed by atoms with Crippen LogP contribution in [0.25, 0.3) is 0 Å². The van der Waals surface area contributed by atoms with Crippen molar-refractivity contribution in [2.75, 3.05) is 25.0 Å². The van der Waals surface area contributed by atoms with Gasteiger partial charge >= 0.3 is 0 Å². The monoisotopic (exact) mass is 465 g/mol. The number of hydrogen-bond acceptors (Lipinski definition) is 3. The molecule has 2 N–H and O–H groups in total. The fourth-order valence-corrected chi connectivity index (χ4v) is 3.13. The molecule has 1 fully saturated rings. The van der Waals surface area contributed by atoms with E-state index >= 15 is 0 Å². The second-order valence-electron chi connectivity index (χ2n) is 6.40. The molecule has 0 radical (unpaired) electrons. The molecule has 1 aromatic carbocycles. The van der Waals surface area contributed by atoms with Crippen LogP contribution in [-0.4, -0.2) is 31.1 Å². The lowest BCUT2D eigenvalue weighted by Gasteiger charge is -2.22. The minimum atomic E-state index is 0. The van der Waals surface area contributed by atoms with Gasteiger partial charge in [-0.15, -0.1) is 24.0 Å². The molecule has 0 aliphatic carbocycles. The van der Waals surface area contributed by atoms with E-state index < -0.39 is 0 Å². The van der Waals surface area contributed by atoms with Gasteiger partial charge in [-0.3, -0.25) is 9.98 Å². The molecule has 5 nitrogen and oxygen atoms in total. The average Bonchev–Trinajstić information content (AvgIpc) is 3.20. The maximum Gasteiger partial charge on any atom is 0.191 e. The van der Waals surface area contributed by atoms with Gasteiger partial charge < -0.3 is 15.5 Å². The van der Waals surface area contributed by atoms with E-state index in [1.54, 1.807) is 13.2 Å². The highest BCUT2D eigenvalue weighted by Gasteiger charge is 2.14. The third kappa shape index (κ3) is 5.59. The van der Waals surface area contributed by atoms with Crippen LogP contribution in [0, 0.1) is 0 Å².